The van der Waals surface area contributed by atoms with Gasteiger partial charge >= 0.3 is 0 Å². The van der Waals surface area contributed by atoms with Gasteiger partial charge in [-0.3, -0.25) is 9.69 Å². The van der Waals surface area contributed by atoms with Gasteiger partial charge in [-0.25, -0.2) is 0 Å². The molecule has 1 saturated carbocycles. The van der Waals surface area contributed by atoms with Crippen molar-refractivity contribution >= 4 is 36.4 Å². The molecule has 24 heavy (non-hydrogen) atoms. The Morgan fingerprint density at radius 3 is 2.25 bits per heavy atom. The van der Waals surface area contributed by atoms with Gasteiger partial charge in [-0.2, -0.15) is 0 Å². The maximum Gasteiger partial charge on any atom is 0.241 e. The zero-order valence-corrected chi connectivity index (χ0v) is 16.0. The second-order valence-corrected chi connectivity index (χ2v) is 7.28. The number of anilines is 1. The van der Waals surface area contributed by atoms with Crippen LogP contribution in [0.4, 0.5) is 5.69 Å². The highest BCUT2D eigenvalue weighted by Crippen LogP contribution is 2.48. The van der Waals surface area contributed by atoms with Crippen LogP contribution < -0.4 is 10.2 Å². The maximum absolute atomic E-state index is 12.5. The largest absolute Gasteiger partial charge is 0.316 e. The lowest BCUT2D eigenvalue weighted by molar-refractivity contribution is -0.121. The van der Waals surface area contributed by atoms with Crippen molar-refractivity contribution in [3.8, 4) is 0 Å². The molecule has 1 aromatic carbocycles. The van der Waals surface area contributed by atoms with E-state index < -0.39 is 0 Å². The quantitative estimate of drug-likeness (QED) is 0.884. The summed E-state index contributed by atoms with van der Waals surface area (Å²) in [5.74, 6) is 2.85. The first-order valence-electron chi connectivity index (χ1n) is 8.43. The van der Waals surface area contributed by atoms with E-state index in [2.05, 4.69) is 42.3 Å². The Balaban J connectivity index is 0.00000104. The minimum Gasteiger partial charge on any atom is -0.316 e. The van der Waals surface area contributed by atoms with Crippen molar-refractivity contribution in [1.29, 1.82) is 0 Å². The minimum atomic E-state index is 0. The molecule has 2 aliphatic heterocycles. The second kappa shape index (κ2) is 7.61. The number of nitrogens with one attached hydrogen (secondary N) is 1. The van der Waals surface area contributed by atoms with Gasteiger partial charge in [0.25, 0.3) is 0 Å². The number of fused-ring (bicyclic) bond motifs is 1. The molecule has 3 fully saturated rings. The van der Waals surface area contributed by atoms with E-state index in [0.29, 0.717) is 6.54 Å². The monoisotopic (exact) mass is 371 g/mol. The standard InChI is InChI=1S/C18H25N3O.2ClH/c1-12-5-13(2)7-14(6-12)21-4-3-20(11-18(21)22)10-17-15-8-19-9-16(15)17;;/h5-7,15-17,19H,3-4,8-11H2,1-2H3;2*1H/t15-,16+,17?;;. The molecule has 4 nitrogen and oxygen atoms in total. The molecule has 0 spiro atoms. The van der Waals surface area contributed by atoms with E-state index >= 15 is 0 Å². The van der Waals surface area contributed by atoms with Crippen molar-refractivity contribution in [3.05, 3.63) is 29.3 Å². The van der Waals surface area contributed by atoms with E-state index in [9.17, 15) is 4.79 Å². The highest BCUT2D eigenvalue weighted by atomic mass is 35.5. The molecule has 1 aliphatic carbocycles. The van der Waals surface area contributed by atoms with Gasteiger partial charge in [-0.15, -0.1) is 24.8 Å². The maximum atomic E-state index is 12.5. The topological polar surface area (TPSA) is 35.6 Å². The lowest BCUT2D eigenvalue weighted by atomic mass is 10.1. The third kappa shape index (κ3) is 3.72. The Labute approximate surface area is 156 Å². The zero-order chi connectivity index (χ0) is 15.3. The normalized spacial score (nSPS) is 28.8. The van der Waals surface area contributed by atoms with Crippen LogP contribution in [-0.4, -0.2) is 50.1 Å². The van der Waals surface area contributed by atoms with E-state index in [-0.39, 0.29) is 30.7 Å². The van der Waals surface area contributed by atoms with Crippen LogP contribution in [0.25, 0.3) is 0 Å². The van der Waals surface area contributed by atoms with Crippen LogP contribution in [0, 0.1) is 31.6 Å². The molecule has 1 N–H and O–H groups in total. The molecule has 0 aromatic heterocycles. The molecule has 2 saturated heterocycles. The number of piperidine rings is 1. The summed E-state index contributed by atoms with van der Waals surface area (Å²) >= 11 is 0. The van der Waals surface area contributed by atoms with Gasteiger partial charge in [0.2, 0.25) is 5.91 Å². The number of hydrogen-bond acceptors (Lipinski definition) is 3. The fourth-order valence-corrected chi connectivity index (χ4v) is 4.37. The molecular weight excluding hydrogens is 345 g/mol. The van der Waals surface area contributed by atoms with Crippen molar-refractivity contribution < 1.29 is 4.79 Å². The molecule has 2 heterocycles. The number of amides is 1. The lowest BCUT2D eigenvalue weighted by Gasteiger charge is -2.35. The number of benzene rings is 1. The third-order valence-corrected chi connectivity index (χ3v) is 5.56. The average Bonchev–Trinajstić information content (AvgIpc) is 2.90. The smallest absolute Gasteiger partial charge is 0.241 e. The van der Waals surface area contributed by atoms with Crippen molar-refractivity contribution in [1.82, 2.24) is 10.2 Å². The summed E-state index contributed by atoms with van der Waals surface area (Å²) < 4.78 is 0. The highest BCUT2D eigenvalue weighted by molar-refractivity contribution is 5.95. The predicted octanol–water partition coefficient (Wildman–Crippen LogP) is 2.26. The minimum absolute atomic E-state index is 0. The summed E-state index contributed by atoms with van der Waals surface area (Å²) in [6.45, 7) is 10.1. The van der Waals surface area contributed by atoms with Crippen LogP contribution in [-0.2, 0) is 4.79 Å². The Hall–Kier alpha value is -0.810. The molecule has 0 radical (unpaired) electrons. The molecule has 6 heteroatoms. The van der Waals surface area contributed by atoms with Crippen LogP contribution in [0.15, 0.2) is 18.2 Å². The third-order valence-electron chi connectivity index (χ3n) is 5.56. The SMILES string of the molecule is Cc1cc(C)cc(N2CCN(CC3[C@H]4CNC[C@@H]34)CC2=O)c1.Cl.Cl. The predicted molar refractivity (Wildman–Crippen MR) is 103 cm³/mol. The number of rotatable bonds is 3. The Morgan fingerprint density at radius 1 is 1.04 bits per heavy atom. The fourth-order valence-electron chi connectivity index (χ4n) is 4.37. The first kappa shape index (κ1) is 19.5. The number of carbonyl (C=O) groups excluding carboxylic acids is 1. The summed E-state index contributed by atoms with van der Waals surface area (Å²) in [7, 11) is 0. The van der Waals surface area contributed by atoms with Gasteiger partial charge in [0.15, 0.2) is 0 Å². The summed E-state index contributed by atoms with van der Waals surface area (Å²) in [6, 6.07) is 6.40. The van der Waals surface area contributed by atoms with Crippen LogP contribution in [0.5, 0.6) is 0 Å². The fraction of sp³-hybridized carbons (Fsp3) is 0.611. The molecule has 0 bridgehead atoms. The van der Waals surface area contributed by atoms with Gasteiger partial charge in [0.05, 0.1) is 6.54 Å². The van der Waals surface area contributed by atoms with Gasteiger partial charge in [-0.05, 0) is 68.0 Å². The first-order valence-corrected chi connectivity index (χ1v) is 8.43. The Morgan fingerprint density at radius 2 is 1.67 bits per heavy atom. The van der Waals surface area contributed by atoms with E-state index in [0.717, 1.165) is 43.1 Å². The van der Waals surface area contributed by atoms with Crippen LogP contribution in [0.3, 0.4) is 0 Å². The number of piperazine rings is 1. The number of aryl methyl sites for hydroxylation is 2. The van der Waals surface area contributed by atoms with Gasteiger partial charge in [0, 0.05) is 25.3 Å². The van der Waals surface area contributed by atoms with E-state index in [1.807, 2.05) is 4.90 Å². The van der Waals surface area contributed by atoms with E-state index in [4.69, 9.17) is 0 Å². The van der Waals surface area contributed by atoms with Gasteiger partial charge in [-0.1, -0.05) is 6.07 Å². The summed E-state index contributed by atoms with van der Waals surface area (Å²) in [5, 5.41) is 3.44. The summed E-state index contributed by atoms with van der Waals surface area (Å²) in [5.41, 5.74) is 3.52. The van der Waals surface area contributed by atoms with Crippen LogP contribution in [0.1, 0.15) is 11.1 Å². The van der Waals surface area contributed by atoms with Crippen LogP contribution >= 0.6 is 24.8 Å². The molecule has 1 unspecified atom stereocenters. The first-order chi connectivity index (χ1) is 10.6. The molecule has 4 rings (SSSR count). The summed E-state index contributed by atoms with van der Waals surface area (Å²) in [4.78, 5) is 16.9. The lowest BCUT2D eigenvalue weighted by Crippen LogP contribution is -2.51. The van der Waals surface area contributed by atoms with Crippen molar-refractivity contribution in [2.45, 2.75) is 13.8 Å². The van der Waals surface area contributed by atoms with E-state index in [1.54, 1.807) is 0 Å². The highest BCUT2D eigenvalue weighted by Gasteiger charge is 2.53. The van der Waals surface area contributed by atoms with Crippen molar-refractivity contribution in [3.63, 3.8) is 0 Å². The Kier molecular flexibility index (Phi) is 6.19. The Bertz CT molecular complexity index is 580. The number of halogens is 2. The van der Waals surface area contributed by atoms with Gasteiger partial charge in [0.1, 0.15) is 0 Å². The van der Waals surface area contributed by atoms with Gasteiger partial charge < -0.3 is 10.2 Å². The van der Waals surface area contributed by atoms with Crippen LogP contribution in [0.2, 0.25) is 0 Å². The molecule has 1 aromatic rings. The second-order valence-electron chi connectivity index (χ2n) is 7.28. The van der Waals surface area contributed by atoms with E-state index in [1.165, 1.54) is 24.2 Å². The number of carbonyl (C=O) groups is 1. The molecule has 134 valence electrons. The number of hydrogen-bond donors (Lipinski definition) is 1. The zero-order valence-electron chi connectivity index (χ0n) is 14.3. The molecule has 1 amide bonds. The summed E-state index contributed by atoms with van der Waals surface area (Å²) in [6.07, 6.45) is 0. The molecule has 3 aliphatic rings. The van der Waals surface area contributed by atoms with Crippen molar-refractivity contribution in [2.75, 3.05) is 44.2 Å². The average molecular weight is 372 g/mol. The number of nitrogens with zero attached hydrogens (tertiary/aromatic N) is 2. The molecule has 3 atom stereocenters. The molecular formula is C18H27Cl2N3O. The van der Waals surface area contributed by atoms with Crippen molar-refractivity contribution in [2.24, 2.45) is 17.8 Å².